The van der Waals surface area contributed by atoms with Gasteiger partial charge in [-0.15, -0.1) is 0 Å². The Morgan fingerprint density at radius 1 is 1.26 bits per heavy atom. The quantitative estimate of drug-likeness (QED) is 0.859. The molecule has 1 N–H and O–H groups in total. The maximum atomic E-state index is 4.51. The second-order valence-corrected chi connectivity index (χ2v) is 4.83. The first-order chi connectivity index (χ1) is 9.13. The minimum atomic E-state index is 0.242. The van der Waals surface area contributed by atoms with Crippen molar-refractivity contribution in [3.8, 4) is 0 Å². The van der Waals surface area contributed by atoms with Gasteiger partial charge in [-0.1, -0.05) is 13.8 Å². The van der Waals surface area contributed by atoms with Crippen LogP contribution in [0.4, 0.5) is 0 Å². The molecule has 104 valence electrons. The van der Waals surface area contributed by atoms with Gasteiger partial charge in [0.1, 0.15) is 0 Å². The van der Waals surface area contributed by atoms with Gasteiger partial charge in [-0.25, -0.2) is 0 Å². The van der Waals surface area contributed by atoms with Crippen molar-refractivity contribution in [2.45, 2.75) is 32.7 Å². The zero-order valence-corrected chi connectivity index (χ0v) is 12.2. The van der Waals surface area contributed by atoms with E-state index in [9.17, 15) is 0 Å². The number of hydrogen-bond acceptors (Lipinski definition) is 3. The summed E-state index contributed by atoms with van der Waals surface area (Å²) in [6.45, 7) is 5.18. The van der Waals surface area contributed by atoms with Gasteiger partial charge in [0, 0.05) is 32.4 Å². The molecule has 1 atom stereocenters. The fourth-order valence-corrected chi connectivity index (χ4v) is 2.29. The molecule has 0 aliphatic rings. The molecule has 0 spiro atoms. The van der Waals surface area contributed by atoms with Crippen LogP contribution in [0.1, 0.15) is 37.0 Å². The van der Waals surface area contributed by atoms with E-state index in [0.717, 1.165) is 30.8 Å². The molecule has 2 aromatic rings. The van der Waals surface area contributed by atoms with Gasteiger partial charge >= 0.3 is 0 Å². The molecule has 2 heterocycles. The first kappa shape index (κ1) is 13.8. The predicted molar refractivity (Wildman–Crippen MR) is 75.9 cm³/mol. The number of aryl methyl sites for hydroxylation is 3. The summed E-state index contributed by atoms with van der Waals surface area (Å²) < 4.78 is 3.83. The van der Waals surface area contributed by atoms with Crippen LogP contribution in [0, 0.1) is 0 Å². The highest BCUT2D eigenvalue weighted by molar-refractivity contribution is 5.15. The Hall–Kier alpha value is -1.62. The van der Waals surface area contributed by atoms with Crippen LogP contribution in [0.3, 0.4) is 0 Å². The molecule has 19 heavy (non-hydrogen) atoms. The number of nitrogens with zero attached hydrogens (tertiary/aromatic N) is 4. The molecule has 0 aliphatic carbocycles. The van der Waals surface area contributed by atoms with Crippen LogP contribution in [0.5, 0.6) is 0 Å². The van der Waals surface area contributed by atoms with Gasteiger partial charge in [-0.05, 0) is 25.1 Å². The summed E-state index contributed by atoms with van der Waals surface area (Å²) in [6, 6.07) is 4.50. The van der Waals surface area contributed by atoms with Crippen LogP contribution in [-0.2, 0) is 26.9 Å². The van der Waals surface area contributed by atoms with Gasteiger partial charge < -0.3 is 5.32 Å². The second kappa shape index (κ2) is 6.02. The zero-order valence-electron chi connectivity index (χ0n) is 12.2. The van der Waals surface area contributed by atoms with E-state index in [0.29, 0.717) is 0 Å². The third kappa shape index (κ3) is 3.23. The number of hydrogen-bond donors (Lipinski definition) is 1. The Morgan fingerprint density at radius 2 is 2.05 bits per heavy atom. The van der Waals surface area contributed by atoms with E-state index in [1.165, 1.54) is 5.69 Å². The molecule has 0 radical (unpaired) electrons. The predicted octanol–water partition coefficient (Wildman–Crippen LogP) is 1.61. The molecule has 0 amide bonds. The van der Waals surface area contributed by atoms with Crippen LogP contribution in [0.2, 0.25) is 0 Å². The van der Waals surface area contributed by atoms with E-state index in [1.54, 1.807) is 0 Å². The van der Waals surface area contributed by atoms with Gasteiger partial charge in [0.25, 0.3) is 0 Å². The largest absolute Gasteiger partial charge is 0.309 e. The highest BCUT2D eigenvalue weighted by Gasteiger charge is 2.16. The average molecular weight is 261 g/mol. The molecule has 0 bridgehead atoms. The first-order valence-corrected chi connectivity index (χ1v) is 6.88. The summed E-state index contributed by atoms with van der Waals surface area (Å²) in [4.78, 5) is 0. The SMILES string of the molecule is CCNC(Cc1cc(CC)nn1C)c1ccn(C)n1. The molecule has 0 aromatic carbocycles. The summed E-state index contributed by atoms with van der Waals surface area (Å²) in [7, 11) is 3.96. The van der Waals surface area contributed by atoms with Gasteiger partial charge in [0.05, 0.1) is 17.4 Å². The zero-order chi connectivity index (χ0) is 13.8. The third-order valence-corrected chi connectivity index (χ3v) is 3.34. The van der Waals surface area contributed by atoms with Crippen molar-refractivity contribution in [2.24, 2.45) is 14.1 Å². The van der Waals surface area contributed by atoms with Crippen molar-refractivity contribution in [1.82, 2.24) is 24.9 Å². The highest BCUT2D eigenvalue weighted by atomic mass is 15.3. The fourth-order valence-electron chi connectivity index (χ4n) is 2.29. The summed E-state index contributed by atoms with van der Waals surface area (Å²) >= 11 is 0. The molecule has 1 unspecified atom stereocenters. The van der Waals surface area contributed by atoms with Crippen molar-refractivity contribution in [1.29, 1.82) is 0 Å². The van der Waals surface area contributed by atoms with E-state index in [4.69, 9.17) is 0 Å². The Kier molecular flexibility index (Phi) is 4.37. The average Bonchev–Trinajstić information content (AvgIpc) is 2.96. The van der Waals surface area contributed by atoms with Crippen molar-refractivity contribution in [2.75, 3.05) is 6.54 Å². The van der Waals surface area contributed by atoms with E-state index in [2.05, 4.69) is 41.5 Å². The monoisotopic (exact) mass is 261 g/mol. The van der Waals surface area contributed by atoms with E-state index < -0.39 is 0 Å². The first-order valence-electron chi connectivity index (χ1n) is 6.88. The summed E-state index contributed by atoms with van der Waals surface area (Å²) in [6.07, 6.45) is 3.87. The number of rotatable bonds is 6. The molecule has 2 rings (SSSR count). The summed E-state index contributed by atoms with van der Waals surface area (Å²) in [5.74, 6) is 0. The van der Waals surface area contributed by atoms with Crippen molar-refractivity contribution in [3.05, 3.63) is 35.4 Å². The standard InChI is InChI=1S/C14H23N5/c1-5-11-9-12(19(4)16-11)10-14(15-6-2)13-7-8-18(3)17-13/h7-9,14-15H,5-6,10H2,1-4H3. The normalized spacial score (nSPS) is 12.8. The second-order valence-electron chi connectivity index (χ2n) is 4.83. The van der Waals surface area contributed by atoms with Crippen LogP contribution >= 0.6 is 0 Å². The highest BCUT2D eigenvalue weighted by Crippen LogP contribution is 2.17. The van der Waals surface area contributed by atoms with E-state index >= 15 is 0 Å². The van der Waals surface area contributed by atoms with Gasteiger partial charge in [0.2, 0.25) is 0 Å². The van der Waals surface area contributed by atoms with Crippen LogP contribution in [-0.4, -0.2) is 26.1 Å². The molecule has 0 saturated carbocycles. The summed E-state index contributed by atoms with van der Waals surface area (Å²) in [5.41, 5.74) is 3.48. The topological polar surface area (TPSA) is 47.7 Å². The van der Waals surface area contributed by atoms with Crippen LogP contribution < -0.4 is 5.32 Å². The Labute approximate surface area is 114 Å². The summed E-state index contributed by atoms with van der Waals surface area (Å²) in [5, 5.41) is 12.5. The number of aromatic nitrogens is 4. The van der Waals surface area contributed by atoms with Crippen molar-refractivity contribution >= 4 is 0 Å². The van der Waals surface area contributed by atoms with Gasteiger partial charge in [-0.3, -0.25) is 9.36 Å². The van der Waals surface area contributed by atoms with E-state index in [-0.39, 0.29) is 6.04 Å². The number of nitrogens with one attached hydrogen (secondary N) is 1. The number of likely N-dealkylation sites (N-methyl/N-ethyl adjacent to an activating group) is 1. The lowest BCUT2D eigenvalue weighted by Crippen LogP contribution is -2.24. The minimum Gasteiger partial charge on any atom is -0.309 e. The Morgan fingerprint density at radius 3 is 2.58 bits per heavy atom. The van der Waals surface area contributed by atoms with Crippen LogP contribution in [0.25, 0.3) is 0 Å². The lowest BCUT2D eigenvalue weighted by atomic mass is 10.1. The maximum absolute atomic E-state index is 4.51. The lowest BCUT2D eigenvalue weighted by molar-refractivity contribution is 0.510. The van der Waals surface area contributed by atoms with Gasteiger partial charge in [-0.2, -0.15) is 10.2 Å². The molecule has 0 fully saturated rings. The molecular weight excluding hydrogens is 238 g/mol. The molecule has 2 aromatic heterocycles. The minimum absolute atomic E-state index is 0.242. The van der Waals surface area contributed by atoms with Crippen LogP contribution in [0.15, 0.2) is 18.3 Å². The fraction of sp³-hybridized carbons (Fsp3) is 0.571. The van der Waals surface area contributed by atoms with Crippen molar-refractivity contribution in [3.63, 3.8) is 0 Å². The Bertz CT molecular complexity index is 526. The Balaban J connectivity index is 2.18. The van der Waals surface area contributed by atoms with E-state index in [1.807, 2.05) is 29.7 Å². The van der Waals surface area contributed by atoms with Crippen molar-refractivity contribution < 1.29 is 0 Å². The third-order valence-electron chi connectivity index (χ3n) is 3.34. The maximum Gasteiger partial charge on any atom is 0.0797 e. The molecule has 5 nitrogen and oxygen atoms in total. The molecule has 0 aliphatic heterocycles. The molecular formula is C14H23N5. The van der Waals surface area contributed by atoms with Gasteiger partial charge in [0.15, 0.2) is 0 Å². The molecule has 5 heteroatoms. The smallest absolute Gasteiger partial charge is 0.0797 e. The molecule has 0 saturated heterocycles. The lowest BCUT2D eigenvalue weighted by Gasteiger charge is -2.15.